The maximum atomic E-state index is 13.5. The number of carbonyl (C=O) groups excluding carboxylic acids is 1. The number of carbonyl (C=O) groups is 1. The van der Waals surface area contributed by atoms with Crippen molar-refractivity contribution in [1.29, 1.82) is 0 Å². The number of ketones is 1. The Kier molecular flexibility index (Phi) is 4.70. The van der Waals surface area contributed by atoms with Gasteiger partial charge in [0.2, 0.25) is 0 Å². The van der Waals surface area contributed by atoms with Gasteiger partial charge in [-0.15, -0.1) is 0 Å². The Morgan fingerprint density at radius 3 is 2.87 bits per heavy atom. The predicted octanol–water partition coefficient (Wildman–Crippen LogP) is 3.46. The molecule has 0 spiro atoms. The molecule has 5 heteroatoms. The van der Waals surface area contributed by atoms with Crippen LogP contribution in [0.2, 0.25) is 5.02 Å². The molecule has 0 amide bonds. The molecule has 0 atom stereocenters. The van der Waals surface area contributed by atoms with E-state index in [1.807, 2.05) is 0 Å². The molecule has 0 saturated heterocycles. The second-order valence-electron chi connectivity index (χ2n) is 2.89. The predicted molar refractivity (Wildman–Crippen MR) is 59.9 cm³/mol. The highest BCUT2D eigenvalue weighted by Crippen LogP contribution is 2.28. The summed E-state index contributed by atoms with van der Waals surface area (Å²) in [4.78, 5) is 11.5. The molecule has 1 aromatic rings. The van der Waals surface area contributed by atoms with Crippen molar-refractivity contribution >= 4 is 33.3 Å². The molecule has 0 radical (unpaired) electrons. The first kappa shape index (κ1) is 12.6. The van der Waals surface area contributed by atoms with Crippen molar-refractivity contribution in [3.8, 4) is 0 Å². The van der Waals surface area contributed by atoms with Gasteiger partial charge in [0, 0.05) is 18.0 Å². The molecule has 0 aromatic heterocycles. The maximum Gasteiger partial charge on any atom is 0.168 e. The molecular weight excluding hydrogens is 286 g/mol. The molecule has 0 aliphatic rings. The normalized spacial score (nSPS) is 10.4. The van der Waals surface area contributed by atoms with Gasteiger partial charge in [0.1, 0.15) is 0 Å². The van der Waals surface area contributed by atoms with Gasteiger partial charge >= 0.3 is 0 Å². The number of hydrogen-bond acceptors (Lipinski definition) is 2. The Hall–Kier alpha value is -0.450. The van der Waals surface area contributed by atoms with Gasteiger partial charge in [-0.3, -0.25) is 4.79 Å². The van der Waals surface area contributed by atoms with E-state index >= 15 is 0 Å². The Bertz CT molecular complexity index is 382. The number of rotatable bonds is 4. The van der Waals surface area contributed by atoms with Crippen LogP contribution in [0.4, 0.5) is 4.39 Å². The average Bonchev–Trinajstić information content (AvgIpc) is 2.23. The minimum Gasteiger partial charge on any atom is -0.384 e. The molecular formula is C10H9BrClFO2. The van der Waals surface area contributed by atoms with Crippen LogP contribution < -0.4 is 0 Å². The second-order valence-corrected chi connectivity index (χ2v) is 4.12. The zero-order valence-electron chi connectivity index (χ0n) is 8.02. The third-order valence-corrected chi connectivity index (χ3v) is 3.13. The molecule has 0 aliphatic heterocycles. The molecule has 0 aliphatic carbocycles. The highest BCUT2D eigenvalue weighted by Gasteiger charge is 2.15. The second kappa shape index (κ2) is 5.58. The lowest BCUT2D eigenvalue weighted by atomic mass is 10.1. The first-order valence-corrected chi connectivity index (χ1v) is 5.40. The molecule has 2 nitrogen and oxygen atoms in total. The Morgan fingerprint density at radius 2 is 2.27 bits per heavy atom. The van der Waals surface area contributed by atoms with Crippen LogP contribution in [0, 0.1) is 5.82 Å². The van der Waals surface area contributed by atoms with E-state index in [-0.39, 0.29) is 29.4 Å². The number of Topliss-reactive ketones (excluding diaryl/α,β-unsaturated/α-hetero) is 1. The first-order valence-electron chi connectivity index (χ1n) is 4.23. The van der Waals surface area contributed by atoms with Gasteiger partial charge in [0.15, 0.2) is 11.6 Å². The third-order valence-electron chi connectivity index (χ3n) is 1.87. The number of ether oxygens (including phenoxy) is 1. The van der Waals surface area contributed by atoms with Crippen LogP contribution >= 0.6 is 27.5 Å². The fraction of sp³-hybridized carbons (Fsp3) is 0.300. The van der Waals surface area contributed by atoms with Crippen LogP contribution in [0.3, 0.4) is 0 Å². The summed E-state index contributed by atoms with van der Waals surface area (Å²) in [6.45, 7) is 0.270. The lowest BCUT2D eigenvalue weighted by Gasteiger charge is -2.04. The van der Waals surface area contributed by atoms with E-state index in [1.54, 1.807) is 6.07 Å². The van der Waals surface area contributed by atoms with Crippen LogP contribution in [0.1, 0.15) is 16.8 Å². The van der Waals surface area contributed by atoms with Crippen LogP contribution in [0.15, 0.2) is 16.6 Å². The quantitative estimate of drug-likeness (QED) is 0.628. The van der Waals surface area contributed by atoms with Crippen LogP contribution in [0.5, 0.6) is 0 Å². The van der Waals surface area contributed by atoms with E-state index in [9.17, 15) is 9.18 Å². The fourth-order valence-electron chi connectivity index (χ4n) is 1.07. The SMILES string of the molecule is COCCC(=O)c1ccc(Br)c(Cl)c1F. The molecule has 0 fully saturated rings. The summed E-state index contributed by atoms with van der Waals surface area (Å²) >= 11 is 8.73. The Morgan fingerprint density at radius 1 is 1.60 bits per heavy atom. The van der Waals surface area contributed by atoms with Crippen molar-refractivity contribution in [3.63, 3.8) is 0 Å². The van der Waals surface area contributed by atoms with E-state index < -0.39 is 5.82 Å². The van der Waals surface area contributed by atoms with E-state index in [0.29, 0.717) is 4.47 Å². The monoisotopic (exact) mass is 294 g/mol. The zero-order chi connectivity index (χ0) is 11.4. The van der Waals surface area contributed by atoms with Crippen molar-refractivity contribution in [1.82, 2.24) is 0 Å². The van der Waals surface area contributed by atoms with Crippen molar-refractivity contribution in [2.45, 2.75) is 6.42 Å². The highest BCUT2D eigenvalue weighted by molar-refractivity contribution is 9.10. The van der Waals surface area contributed by atoms with Crippen molar-refractivity contribution < 1.29 is 13.9 Å². The highest BCUT2D eigenvalue weighted by atomic mass is 79.9. The topological polar surface area (TPSA) is 26.3 Å². The van der Waals surface area contributed by atoms with Crippen molar-refractivity contribution in [2.75, 3.05) is 13.7 Å². The summed E-state index contributed by atoms with van der Waals surface area (Å²) in [5.41, 5.74) is 0.000231. The first-order chi connectivity index (χ1) is 7.07. The summed E-state index contributed by atoms with van der Waals surface area (Å²) in [5.74, 6) is -1.00. The van der Waals surface area contributed by atoms with Crippen LogP contribution in [-0.4, -0.2) is 19.5 Å². The van der Waals surface area contributed by atoms with E-state index in [0.717, 1.165) is 0 Å². The minimum atomic E-state index is -0.688. The molecule has 0 saturated carbocycles. The summed E-state index contributed by atoms with van der Waals surface area (Å²) in [7, 11) is 1.48. The van der Waals surface area contributed by atoms with Crippen LogP contribution in [-0.2, 0) is 4.74 Å². The molecule has 1 rings (SSSR count). The molecule has 0 unspecified atom stereocenters. The Labute approximate surface area is 101 Å². The van der Waals surface area contributed by atoms with Gasteiger partial charge in [-0.25, -0.2) is 4.39 Å². The van der Waals surface area contributed by atoms with Gasteiger partial charge in [-0.05, 0) is 28.1 Å². The number of benzene rings is 1. The lowest BCUT2D eigenvalue weighted by molar-refractivity contribution is 0.0928. The lowest BCUT2D eigenvalue weighted by Crippen LogP contribution is -2.06. The fourth-order valence-corrected chi connectivity index (χ4v) is 1.54. The summed E-state index contributed by atoms with van der Waals surface area (Å²) in [5, 5.41) is -0.0710. The summed E-state index contributed by atoms with van der Waals surface area (Å²) in [6.07, 6.45) is 0.144. The molecule has 1 aromatic carbocycles. The number of hydrogen-bond donors (Lipinski definition) is 0. The Balaban J connectivity index is 2.95. The average molecular weight is 296 g/mol. The summed E-state index contributed by atoms with van der Waals surface area (Å²) in [6, 6.07) is 2.95. The van der Waals surface area contributed by atoms with Gasteiger partial charge < -0.3 is 4.74 Å². The van der Waals surface area contributed by atoms with Crippen molar-refractivity contribution in [2.24, 2.45) is 0 Å². The summed E-state index contributed by atoms with van der Waals surface area (Å²) < 4.78 is 18.7. The number of halogens is 3. The van der Waals surface area contributed by atoms with E-state index in [4.69, 9.17) is 16.3 Å². The molecule has 0 heterocycles. The minimum absolute atomic E-state index is 0.000231. The van der Waals surface area contributed by atoms with Gasteiger partial charge in [0.25, 0.3) is 0 Å². The molecule has 0 N–H and O–H groups in total. The van der Waals surface area contributed by atoms with Gasteiger partial charge in [0.05, 0.1) is 17.2 Å². The van der Waals surface area contributed by atoms with E-state index in [1.165, 1.54) is 13.2 Å². The van der Waals surface area contributed by atoms with Crippen LogP contribution in [0.25, 0.3) is 0 Å². The van der Waals surface area contributed by atoms with E-state index in [2.05, 4.69) is 15.9 Å². The molecule has 15 heavy (non-hydrogen) atoms. The smallest absolute Gasteiger partial charge is 0.168 e. The maximum absolute atomic E-state index is 13.5. The largest absolute Gasteiger partial charge is 0.384 e. The van der Waals surface area contributed by atoms with Gasteiger partial charge in [-0.1, -0.05) is 11.6 Å². The molecule has 0 bridgehead atoms. The van der Waals surface area contributed by atoms with Crippen molar-refractivity contribution in [3.05, 3.63) is 33.0 Å². The van der Waals surface area contributed by atoms with Gasteiger partial charge in [-0.2, -0.15) is 0 Å². The third kappa shape index (κ3) is 3.00. The molecule has 82 valence electrons. The standard InChI is InChI=1S/C10H9BrClFO2/c1-15-5-4-8(14)6-2-3-7(11)9(12)10(6)13/h2-3H,4-5H2,1H3. The number of methoxy groups -OCH3 is 1. The zero-order valence-corrected chi connectivity index (χ0v) is 10.4.